The standard InChI is InChI=1S/C15H18N2O2/c1-11(2)8-9-16-13-10-14(18)17(15(13)19)12-6-4-3-5-7-12/h3-8,13,16H,9-10H2,1-2H3. The number of carbonyl (C=O) groups excluding carboxylic acids is 2. The minimum absolute atomic E-state index is 0.147. The molecule has 0 spiro atoms. The van der Waals surface area contributed by atoms with Crippen LogP contribution in [0.2, 0.25) is 0 Å². The van der Waals surface area contributed by atoms with Crippen molar-refractivity contribution in [1.82, 2.24) is 5.32 Å². The van der Waals surface area contributed by atoms with Gasteiger partial charge >= 0.3 is 0 Å². The van der Waals surface area contributed by atoms with Crippen LogP contribution in [-0.2, 0) is 9.59 Å². The van der Waals surface area contributed by atoms with E-state index in [0.717, 1.165) is 0 Å². The fraction of sp³-hybridized carbons (Fsp3) is 0.333. The maximum atomic E-state index is 12.2. The van der Waals surface area contributed by atoms with Gasteiger partial charge in [-0.3, -0.25) is 9.59 Å². The van der Waals surface area contributed by atoms with Gasteiger partial charge in [0.15, 0.2) is 0 Å². The van der Waals surface area contributed by atoms with Crippen LogP contribution in [0.3, 0.4) is 0 Å². The summed E-state index contributed by atoms with van der Waals surface area (Å²) in [6, 6.07) is 8.63. The Bertz CT molecular complexity index is 504. The first-order valence-electron chi connectivity index (χ1n) is 6.38. The lowest BCUT2D eigenvalue weighted by molar-refractivity contribution is -0.121. The van der Waals surface area contributed by atoms with E-state index in [2.05, 4.69) is 5.32 Å². The first-order chi connectivity index (χ1) is 9.09. The third-order valence-electron chi connectivity index (χ3n) is 3.04. The molecule has 100 valence electrons. The number of amides is 2. The lowest BCUT2D eigenvalue weighted by Crippen LogP contribution is -2.38. The van der Waals surface area contributed by atoms with Gasteiger partial charge in [0.05, 0.1) is 18.2 Å². The van der Waals surface area contributed by atoms with Gasteiger partial charge in [-0.05, 0) is 26.0 Å². The van der Waals surface area contributed by atoms with E-state index in [1.54, 1.807) is 12.1 Å². The summed E-state index contributed by atoms with van der Waals surface area (Å²) in [5.74, 6) is -0.316. The molecule has 0 aliphatic carbocycles. The minimum Gasteiger partial charge on any atom is -0.302 e. The molecule has 1 N–H and O–H groups in total. The van der Waals surface area contributed by atoms with Crippen molar-refractivity contribution in [3.05, 3.63) is 42.0 Å². The topological polar surface area (TPSA) is 49.4 Å². The Morgan fingerprint density at radius 1 is 1.32 bits per heavy atom. The number of hydrogen-bond acceptors (Lipinski definition) is 3. The summed E-state index contributed by atoms with van der Waals surface area (Å²) in [4.78, 5) is 25.4. The van der Waals surface area contributed by atoms with Gasteiger partial charge in [0.2, 0.25) is 5.91 Å². The molecule has 1 aromatic rings. The second-order valence-corrected chi connectivity index (χ2v) is 4.85. The van der Waals surface area contributed by atoms with Gasteiger partial charge in [0, 0.05) is 6.54 Å². The highest BCUT2D eigenvalue weighted by Crippen LogP contribution is 2.22. The zero-order valence-corrected chi connectivity index (χ0v) is 11.2. The molecular formula is C15H18N2O2. The molecule has 4 heteroatoms. The van der Waals surface area contributed by atoms with Gasteiger partial charge in [-0.15, -0.1) is 0 Å². The zero-order valence-electron chi connectivity index (χ0n) is 11.2. The molecule has 4 nitrogen and oxygen atoms in total. The average Bonchev–Trinajstić information content (AvgIpc) is 2.65. The maximum Gasteiger partial charge on any atom is 0.251 e. The van der Waals surface area contributed by atoms with Crippen molar-refractivity contribution >= 4 is 17.5 Å². The molecule has 1 atom stereocenters. The van der Waals surface area contributed by atoms with Crippen LogP contribution in [0, 0.1) is 0 Å². The summed E-state index contributed by atoms with van der Waals surface area (Å²) >= 11 is 0. The summed E-state index contributed by atoms with van der Waals surface area (Å²) in [7, 11) is 0. The van der Waals surface area contributed by atoms with E-state index in [1.165, 1.54) is 10.5 Å². The van der Waals surface area contributed by atoms with Crippen molar-refractivity contribution in [3.8, 4) is 0 Å². The van der Waals surface area contributed by atoms with Gasteiger partial charge < -0.3 is 5.32 Å². The highest BCUT2D eigenvalue weighted by Gasteiger charge is 2.38. The third-order valence-corrected chi connectivity index (χ3v) is 3.04. The van der Waals surface area contributed by atoms with Crippen molar-refractivity contribution in [1.29, 1.82) is 0 Å². The van der Waals surface area contributed by atoms with Crippen LogP contribution in [-0.4, -0.2) is 24.4 Å². The molecule has 0 saturated carbocycles. The Labute approximate surface area is 113 Å². The summed E-state index contributed by atoms with van der Waals surface area (Å²) in [6.07, 6.45) is 2.23. The lowest BCUT2D eigenvalue weighted by Gasteiger charge is -2.15. The Morgan fingerprint density at radius 2 is 2.00 bits per heavy atom. The largest absolute Gasteiger partial charge is 0.302 e. The van der Waals surface area contributed by atoms with Crippen molar-refractivity contribution in [3.63, 3.8) is 0 Å². The van der Waals surface area contributed by atoms with Gasteiger partial charge in [-0.2, -0.15) is 0 Å². The number of benzene rings is 1. The zero-order chi connectivity index (χ0) is 13.8. The minimum atomic E-state index is -0.414. The van der Waals surface area contributed by atoms with Crippen LogP contribution in [0.1, 0.15) is 20.3 Å². The molecule has 1 aliphatic heterocycles. The van der Waals surface area contributed by atoms with E-state index < -0.39 is 6.04 Å². The Morgan fingerprint density at radius 3 is 2.63 bits per heavy atom. The van der Waals surface area contributed by atoms with E-state index in [9.17, 15) is 9.59 Å². The molecular weight excluding hydrogens is 240 g/mol. The predicted molar refractivity (Wildman–Crippen MR) is 74.8 cm³/mol. The first kappa shape index (κ1) is 13.5. The average molecular weight is 258 g/mol. The molecule has 0 bridgehead atoms. The number of anilines is 1. The molecule has 2 rings (SSSR count). The number of nitrogens with zero attached hydrogens (tertiary/aromatic N) is 1. The van der Waals surface area contributed by atoms with Gasteiger partial charge in [0.25, 0.3) is 5.91 Å². The van der Waals surface area contributed by atoms with Crippen molar-refractivity contribution in [2.45, 2.75) is 26.3 Å². The number of imide groups is 1. The van der Waals surface area contributed by atoms with E-state index in [0.29, 0.717) is 12.2 Å². The molecule has 1 aliphatic rings. The number of hydrogen-bond donors (Lipinski definition) is 1. The summed E-state index contributed by atoms with van der Waals surface area (Å²) < 4.78 is 0. The maximum absolute atomic E-state index is 12.2. The number of allylic oxidation sites excluding steroid dienone is 1. The van der Waals surface area contributed by atoms with E-state index in [1.807, 2.05) is 38.1 Å². The summed E-state index contributed by atoms with van der Waals surface area (Å²) in [5.41, 5.74) is 1.83. The summed E-state index contributed by atoms with van der Waals surface area (Å²) in [6.45, 7) is 4.60. The molecule has 1 saturated heterocycles. The molecule has 2 amide bonds. The van der Waals surface area contributed by atoms with Gasteiger partial charge in [0.1, 0.15) is 0 Å². The van der Waals surface area contributed by atoms with Gasteiger partial charge in [-0.25, -0.2) is 4.90 Å². The lowest BCUT2D eigenvalue weighted by atomic mass is 10.2. The molecule has 1 heterocycles. The Hall–Kier alpha value is -1.94. The van der Waals surface area contributed by atoms with Crippen molar-refractivity contribution in [2.75, 3.05) is 11.4 Å². The normalized spacial score (nSPS) is 18.8. The van der Waals surface area contributed by atoms with Crippen molar-refractivity contribution < 1.29 is 9.59 Å². The van der Waals surface area contributed by atoms with Crippen LogP contribution >= 0.6 is 0 Å². The van der Waals surface area contributed by atoms with E-state index in [-0.39, 0.29) is 18.2 Å². The van der Waals surface area contributed by atoms with Crippen molar-refractivity contribution in [2.24, 2.45) is 0 Å². The summed E-state index contributed by atoms with van der Waals surface area (Å²) in [5, 5.41) is 3.10. The van der Waals surface area contributed by atoms with Crippen LogP contribution in [0.25, 0.3) is 0 Å². The third kappa shape index (κ3) is 3.09. The number of para-hydroxylation sites is 1. The van der Waals surface area contributed by atoms with E-state index in [4.69, 9.17) is 0 Å². The van der Waals surface area contributed by atoms with Gasteiger partial charge in [-0.1, -0.05) is 29.8 Å². The molecule has 1 fully saturated rings. The molecule has 19 heavy (non-hydrogen) atoms. The number of rotatable bonds is 4. The molecule has 1 aromatic carbocycles. The first-order valence-corrected chi connectivity index (χ1v) is 6.38. The van der Waals surface area contributed by atoms with Crippen LogP contribution in [0.5, 0.6) is 0 Å². The fourth-order valence-electron chi connectivity index (χ4n) is 2.05. The fourth-order valence-corrected chi connectivity index (χ4v) is 2.05. The van der Waals surface area contributed by atoms with E-state index >= 15 is 0 Å². The molecule has 0 aromatic heterocycles. The Balaban J connectivity index is 2.07. The highest BCUT2D eigenvalue weighted by atomic mass is 16.2. The smallest absolute Gasteiger partial charge is 0.251 e. The molecule has 0 radical (unpaired) electrons. The SMILES string of the molecule is CC(C)=CCNC1CC(=O)N(c2ccccc2)C1=O. The molecule has 1 unspecified atom stereocenters. The number of carbonyl (C=O) groups is 2. The Kier molecular flexibility index (Phi) is 4.12. The quantitative estimate of drug-likeness (QED) is 0.662. The van der Waals surface area contributed by atoms with Crippen LogP contribution in [0.15, 0.2) is 42.0 Å². The predicted octanol–water partition coefficient (Wildman–Crippen LogP) is 1.87. The second kappa shape index (κ2) is 5.80. The monoisotopic (exact) mass is 258 g/mol. The second-order valence-electron chi connectivity index (χ2n) is 4.85. The highest BCUT2D eigenvalue weighted by molar-refractivity contribution is 6.22. The van der Waals surface area contributed by atoms with Crippen LogP contribution in [0.4, 0.5) is 5.69 Å². The van der Waals surface area contributed by atoms with Crippen LogP contribution < -0.4 is 10.2 Å². The number of nitrogens with one attached hydrogen (secondary N) is 1.